The van der Waals surface area contributed by atoms with Crippen LogP contribution in [0.15, 0.2) is 87.9 Å². The van der Waals surface area contributed by atoms with Crippen LogP contribution in [0, 0.1) is 0 Å². The Balaban J connectivity index is 1.86. The summed E-state index contributed by atoms with van der Waals surface area (Å²) in [6, 6.07) is 20.1. The van der Waals surface area contributed by atoms with Crippen LogP contribution in [-0.4, -0.2) is 9.55 Å². The topological polar surface area (TPSA) is 30.2 Å². The van der Waals surface area contributed by atoms with Gasteiger partial charge >= 0.3 is 0 Å². The van der Waals surface area contributed by atoms with Crippen LogP contribution in [0.1, 0.15) is 5.56 Å². The molecule has 6 heteroatoms. The number of hydrogen-bond donors (Lipinski definition) is 0. The van der Waals surface area contributed by atoms with Crippen molar-refractivity contribution in [3.05, 3.63) is 98.3 Å². The van der Waals surface area contributed by atoms with Gasteiger partial charge in [-0.05, 0) is 42.0 Å². The summed E-state index contributed by atoms with van der Waals surface area (Å²) in [4.78, 5) is 9.88. The first-order valence-electron chi connectivity index (χ1n) is 8.32. The molecule has 0 unspecified atom stereocenters. The van der Waals surface area contributed by atoms with Crippen LogP contribution < -0.4 is 4.80 Å². The fraction of sp³-hybridized carbons (Fsp3) is 0.0476. The third kappa shape index (κ3) is 4.38. The van der Waals surface area contributed by atoms with Crippen molar-refractivity contribution in [3.8, 4) is 11.3 Å². The average molecular weight is 457 g/mol. The Morgan fingerprint density at radius 1 is 1.07 bits per heavy atom. The molecule has 4 rings (SSSR count). The normalized spacial score (nSPS) is 11.7. The van der Waals surface area contributed by atoms with Crippen LogP contribution >= 0.6 is 38.9 Å². The van der Waals surface area contributed by atoms with Crippen molar-refractivity contribution in [1.82, 2.24) is 9.55 Å². The van der Waals surface area contributed by atoms with E-state index in [2.05, 4.69) is 49.1 Å². The highest BCUT2D eigenvalue weighted by molar-refractivity contribution is 9.10. The molecule has 2 heterocycles. The molecule has 0 aliphatic rings. The molecule has 0 bridgehead atoms. The molecule has 27 heavy (non-hydrogen) atoms. The van der Waals surface area contributed by atoms with E-state index in [1.807, 2.05) is 42.5 Å². The minimum Gasteiger partial charge on any atom is -0.312 e. The van der Waals surface area contributed by atoms with Crippen molar-refractivity contribution in [2.24, 2.45) is 4.99 Å². The Kier molecular flexibility index (Phi) is 5.53. The second kappa shape index (κ2) is 8.21. The summed E-state index contributed by atoms with van der Waals surface area (Å²) in [6.45, 7) is 0.686. The highest BCUT2D eigenvalue weighted by Gasteiger charge is 2.10. The molecule has 2 aromatic carbocycles. The summed E-state index contributed by atoms with van der Waals surface area (Å²) >= 11 is 11.4. The maximum Gasteiger partial charge on any atom is 0.190 e. The molecular formula is C21H15BrClN3S. The second-order valence-corrected chi connectivity index (χ2v) is 8.14. The van der Waals surface area contributed by atoms with Gasteiger partial charge in [-0.1, -0.05) is 51.8 Å². The second-order valence-electron chi connectivity index (χ2n) is 5.95. The number of hydrogen-bond acceptors (Lipinski definition) is 3. The van der Waals surface area contributed by atoms with Crippen molar-refractivity contribution in [1.29, 1.82) is 0 Å². The van der Waals surface area contributed by atoms with E-state index in [9.17, 15) is 0 Å². The molecule has 134 valence electrons. The van der Waals surface area contributed by atoms with Gasteiger partial charge < -0.3 is 4.57 Å². The average Bonchev–Trinajstić information content (AvgIpc) is 3.05. The molecule has 0 aliphatic carbocycles. The van der Waals surface area contributed by atoms with Crippen LogP contribution in [-0.2, 0) is 6.54 Å². The van der Waals surface area contributed by atoms with Gasteiger partial charge in [-0.15, -0.1) is 11.3 Å². The van der Waals surface area contributed by atoms with Crippen LogP contribution in [0.5, 0.6) is 0 Å². The molecule has 0 saturated heterocycles. The van der Waals surface area contributed by atoms with E-state index in [0.29, 0.717) is 6.54 Å². The van der Waals surface area contributed by atoms with Gasteiger partial charge in [0.25, 0.3) is 0 Å². The minimum absolute atomic E-state index is 0.686. The monoisotopic (exact) mass is 455 g/mol. The van der Waals surface area contributed by atoms with Gasteiger partial charge in [0.05, 0.1) is 24.1 Å². The van der Waals surface area contributed by atoms with E-state index in [4.69, 9.17) is 16.6 Å². The maximum absolute atomic E-state index is 6.19. The van der Waals surface area contributed by atoms with Crippen LogP contribution in [0.25, 0.3) is 11.3 Å². The number of aromatic nitrogens is 2. The first-order chi connectivity index (χ1) is 13.2. The summed E-state index contributed by atoms with van der Waals surface area (Å²) in [5.74, 6) is 0. The Hall–Kier alpha value is -2.21. The van der Waals surface area contributed by atoms with E-state index in [1.54, 1.807) is 23.7 Å². The SMILES string of the molecule is Clc1cccc(Cn2c(-c3cccc(Br)c3)csc2=Nc2cccnc2)c1. The van der Waals surface area contributed by atoms with E-state index < -0.39 is 0 Å². The summed E-state index contributed by atoms with van der Waals surface area (Å²) in [7, 11) is 0. The number of halogens is 2. The van der Waals surface area contributed by atoms with Crippen LogP contribution in [0.4, 0.5) is 5.69 Å². The number of nitrogens with zero attached hydrogens (tertiary/aromatic N) is 3. The highest BCUT2D eigenvalue weighted by atomic mass is 79.9. The fourth-order valence-electron chi connectivity index (χ4n) is 2.80. The number of rotatable bonds is 4. The van der Waals surface area contributed by atoms with Crippen molar-refractivity contribution in [2.75, 3.05) is 0 Å². The zero-order valence-electron chi connectivity index (χ0n) is 14.2. The van der Waals surface area contributed by atoms with E-state index in [1.165, 1.54) is 0 Å². The highest BCUT2D eigenvalue weighted by Crippen LogP contribution is 2.25. The van der Waals surface area contributed by atoms with Crippen LogP contribution in [0.3, 0.4) is 0 Å². The number of pyridine rings is 1. The largest absolute Gasteiger partial charge is 0.312 e. The molecule has 2 aromatic heterocycles. The first-order valence-corrected chi connectivity index (χ1v) is 10.4. The van der Waals surface area contributed by atoms with Gasteiger partial charge in [0, 0.05) is 26.6 Å². The lowest BCUT2D eigenvalue weighted by Crippen LogP contribution is -2.16. The Morgan fingerprint density at radius 3 is 2.74 bits per heavy atom. The van der Waals surface area contributed by atoms with Gasteiger partial charge in [0.1, 0.15) is 0 Å². The van der Waals surface area contributed by atoms with E-state index in [0.717, 1.165) is 36.8 Å². The Labute approximate surface area is 174 Å². The summed E-state index contributed by atoms with van der Waals surface area (Å²) < 4.78 is 3.26. The molecule has 0 saturated carbocycles. The van der Waals surface area contributed by atoms with Gasteiger partial charge in [-0.3, -0.25) is 4.98 Å². The first kappa shape index (κ1) is 18.2. The summed E-state index contributed by atoms with van der Waals surface area (Å²) in [5.41, 5.74) is 4.21. The smallest absolute Gasteiger partial charge is 0.190 e. The molecule has 0 atom stereocenters. The third-order valence-electron chi connectivity index (χ3n) is 4.02. The maximum atomic E-state index is 6.19. The van der Waals surface area contributed by atoms with Crippen molar-refractivity contribution >= 4 is 44.6 Å². The molecule has 4 aromatic rings. The molecule has 0 N–H and O–H groups in total. The lowest BCUT2D eigenvalue weighted by molar-refractivity contribution is 0.778. The number of thiazole rings is 1. The van der Waals surface area contributed by atoms with Gasteiger partial charge in [0.2, 0.25) is 0 Å². The fourth-order valence-corrected chi connectivity index (χ4v) is 4.34. The van der Waals surface area contributed by atoms with Gasteiger partial charge in [0.15, 0.2) is 4.80 Å². The van der Waals surface area contributed by atoms with Crippen molar-refractivity contribution < 1.29 is 0 Å². The predicted octanol–water partition coefficient (Wildman–Crippen LogP) is 6.31. The zero-order chi connectivity index (χ0) is 18.6. The Morgan fingerprint density at radius 2 is 1.96 bits per heavy atom. The quantitative estimate of drug-likeness (QED) is 0.354. The standard InChI is InChI=1S/C21H15BrClN3S/c22-17-6-2-5-16(11-17)20-14-27-21(25-19-8-3-9-24-12-19)26(20)13-15-4-1-7-18(23)10-15/h1-12,14H,13H2. The summed E-state index contributed by atoms with van der Waals surface area (Å²) in [5, 5.41) is 2.87. The van der Waals surface area contributed by atoms with Crippen molar-refractivity contribution in [2.45, 2.75) is 6.54 Å². The third-order valence-corrected chi connectivity index (χ3v) is 5.61. The molecule has 0 aliphatic heterocycles. The lowest BCUT2D eigenvalue weighted by Gasteiger charge is -2.10. The summed E-state index contributed by atoms with van der Waals surface area (Å²) in [6.07, 6.45) is 3.52. The Bertz CT molecular complexity index is 1140. The minimum atomic E-state index is 0.686. The van der Waals surface area contributed by atoms with Gasteiger partial charge in [-0.25, -0.2) is 4.99 Å². The molecule has 0 amide bonds. The molecular weight excluding hydrogens is 442 g/mol. The van der Waals surface area contributed by atoms with E-state index >= 15 is 0 Å². The molecule has 0 spiro atoms. The molecule has 0 fully saturated rings. The van der Waals surface area contributed by atoms with Gasteiger partial charge in [-0.2, -0.15) is 0 Å². The number of benzene rings is 2. The molecule has 0 radical (unpaired) electrons. The zero-order valence-corrected chi connectivity index (χ0v) is 17.4. The molecule has 3 nitrogen and oxygen atoms in total. The van der Waals surface area contributed by atoms with E-state index in [-0.39, 0.29) is 0 Å². The predicted molar refractivity (Wildman–Crippen MR) is 115 cm³/mol. The lowest BCUT2D eigenvalue weighted by atomic mass is 10.1. The van der Waals surface area contributed by atoms with Crippen molar-refractivity contribution in [3.63, 3.8) is 0 Å². The van der Waals surface area contributed by atoms with Crippen LogP contribution in [0.2, 0.25) is 5.02 Å².